The standard InChI is InChI=1S/C43H46F2N10O6/c1-23-5-4-14-61-42-30(20-48-53(42)3)34-16-27(15-24(2)49-34)40(59)52-43-50-33-8-6-25(17-35(33)55(43)21-23)38(57)46-11-12-47-39(58)26-10-13-54(22-26)28-18-31(44)37(32(45)19-28)29-7-9-36(56)51-41(29)60/h6,8,15-20,23,26,29H,4-5,7,9-14,21-22H2,1-3H3,(H,46,57)(H,47,58)(H,50,52,59)(H,51,56,60)/t23-,26-,29-/m1/s1. The van der Waals surface area contributed by atoms with Crippen LogP contribution < -0.4 is 35.8 Å². The van der Waals surface area contributed by atoms with Crippen LogP contribution in [0, 0.1) is 30.4 Å². The van der Waals surface area contributed by atoms with Gasteiger partial charge in [-0.2, -0.15) is 10.1 Å². The van der Waals surface area contributed by atoms with E-state index in [0.29, 0.717) is 77.4 Å². The summed E-state index contributed by atoms with van der Waals surface area (Å²) < 4.78 is 38.2. The molecule has 4 aliphatic rings. The predicted octanol–water partition coefficient (Wildman–Crippen LogP) is 4.20. The van der Waals surface area contributed by atoms with E-state index in [0.717, 1.165) is 25.0 Å². The highest BCUT2D eigenvalue weighted by Gasteiger charge is 2.35. The second kappa shape index (κ2) is 17.1. The van der Waals surface area contributed by atoms with Gasteiger partial charge in [0.15, 0.2) is 0 Å². The molecule has 2 bridgehead atoms. The van der Waals surface area contributed by atoms with Crippen molar-refractivity contribution in [2.75, 3.05) is 54.4 Å². The quantitative estimate of drug-likeness (QED) is 0.154. The van der Waals surface area contributed by atoms with Gasteiger partial charge in [0.1, 0.15) is 11.6 Å². The molecule has 2 aromatic carbocycles. The van der Waals surface area contributed by atoms with Crippen molar-refractivity contribution in [3.63, 3.8) is 0 Å². The molecule has 5 amide bonds. The third-order valence-corrected chi connectivity index (χ3v) is 11.5. The molecule has 2 aromatic heterocycles. The Hall–Kier alpha value is -6.72. The number of ether oxygens (including phenoxy) is 1. The number of nitrogens with zero attached hydrogens (tertiary/aromatic N) is 6. The summed E-state index contributed by atoms with van der Waals surface area (Å²) in [6.45, 7) is 5.81. The number of rotatable bonds is 7. The summed E-state index contributed by atoms with van der Waals surface area (Å²) in [5.41, 5.74) is 3.89. The largest absolute Gasteiger partial charge is 0.477 e. The van der Waals surface area contributed by atoms with Crippen molar-refractivity contribution >= 4 is 52.6 Å². The van der Waals surface area contributed by atoms with Crippen LogP contribution in [0.5, 0.6) is 5.88 Å². The first-order chi connectivity index (χ1) is 29.3. The SMILES string of the molecule is Cc1cc2cc(n1)-c1cnn(C)c1OCCC[C@@H](C)CN1/C(=N/C2=O)Nc2ccc(C(=O)NCCNC(=O)[C@@H]3CCN(c4cc(F)c([C@H]5CCC(=O)NC5=O)c(F)c4)C3)cc21. The van der Waals surface area contributed by atoms with Crippen molar-refractivity contribution < 1.29 is 37.5 Å². The monoisotopic (exact) mass is 836 g/mol. The van der Waals surface area contributed by atoms with Crippen molar-refractivity contribution in [2.24, 2.45) is 23.9 Å². The summed E-state index contributed by atoms with van der Waals surface area (Å²) in [7, 11) is 1.80. The van der Waals surface area contributed by atoms with Gasteiger partial charge in [-0.25, -0.2) is 13.5 Å². The molecule has 0 aliphatic carbocycles. The lowest BCUT2D eigenvalue weighted by atomic mass is 9.89. The highest BCUT2D eigenvalue weighted by molar-refractivity contribution is 6.19. The second-order valence-electron chi connectivity index (χ2n) is 16.0. The van der Waals surface area contributed by atoms with E-state index in [-0.39, 0.29) is 61.5 Å². The van der Waals surface area contributed by atoms with E-state index in [4.69, 9.17) is 4.74 Å². The van der Waals surface area contributed by atoms with Crippen molar-refractivity contribution in [3.8, 4) is 17.1 Å². The lowest BCUT2D eigenvalue weighted by molar-refractivity contribution is -0.134. The van der Waals surface area contributed by atoms with Gasteiger partial charge in [-0.15, -0.1) is 0 Å². The molecule has 0 unspecified atom stereocenters. The first-order valence-electron chi connectivity index (χ1n) is 20.4. The lowest BCUT2D eigenvalue weighted by Gasteiger charge is -2.24. The molecule has 16 nitrogen and oxygen atoms in total. The molecule has 18 heteroatoms. The number of hydrogen-bond acceptors (Lipinski definition) is 11. The van der Waals surface area contributed by atoms with Gasteiger partial charge in [0.05, 0.1) is 47.3 Å². The van der Waals surface area contributed by atoms with Crippen molar-refractivity contribution in [1.29, 1.82) is 0 Å². The van der Waals surface area contributed by atoms with Crippen LogP contribution in [0.1, 0.15) is 76.9 Å². The molecule has 8 rings (SSSR count). The minimum absolute atomic E-state index is 0.00420. The number of halogens is 2. The number of pyridine rings is 1. The topological polar surface area (TPSA) is 192 Å². The maximum absolute atomic E-state index is 15.2. The molecule has 2 saturated heterocycles. The zero-order chi connectivity index (χ0) is 42.9. The molecule has 6 heterocycles. The predicted molar refractivity (Wildman–Crippen MR) is 221 cm³/mol. The fourth-order valence-corrected chi connectivity index (χ4v) is 8.32. The summed E-state index contributed by atoms with van der Waals surface area (Å²) in [6.07, 6.45) is 3.72. The Morgan fingerprint density at radius 2 is 1.75 bits per heavy atom. The van der Waals surface area contributed by atoms with Gasteiger partial charge in [0, 0.05) is 74.3 Å². The number of anilines is 3. The summed E-state index contributed by atoms with van der Waals surface area (Å²) in [5, 5.41) is 15.5. The van der Waals surface area contributed by atoms with Gasteiger partial charge >= 0.3 is 0 Å². The van der Waals surface area contributed by atoms with E-state index in [2.05, 4.69) is 43.3 Å². The number of aryl methyl sites for hydroxylation is 2. The Morgan fingerprint density at radius 1 is 0.967 bits per heavy atom. The first-order valence-corrected chi connectivity index (χ1v) is 20.4. The number of fused-ring (bicyclic) bond motifs is 7. The summed E-state index contributed by atoms with van der Waals surface area (Å²) in [6, 6.07) is 10.9. The molecule has 0 radical (unpaired) electrons. The van der Waals surface area contributed by atoms with Crippen LogP contribution in [0.15, 0.2) is 53.7 Å². The first kappa shape index (κ1) is 41.0. The zero-order valence-corrected chi connectivity index (χ0v) is 34.0. The normalized spacial score (nSPS) is 21.1. The van der Waals surface area contributed by atoms with Gasteiger partial charge in [0.2, 0.25) is 29.6 Å². The molecule has 4 aliphatic heterocycles. The minimum atomic E-state index is -1.10. The molecule has 3 atom stereocenters. The van der Waals surface area contributed by atoms with Crippen LogP contribution in [0.4, 0.5) is 25.8 Å². The van der Waals surface area contributed by atoms with Gasteiger partial charge < -0.3 is 30.5 Å². The van der Waals surface area contributed by atoms with Crippen LogP contribution in [-0.2, 0) is 21.4 Å². The van der Waals surface area contributed by atoms with Gasteiger partial charge in [0.25, 0.3) is 11.8 Å². The molecule has 4 N–H and O–H groups in total. The van der Waals surface area contributed by atoms with Crippen molar-refractivity contribution in [1.82, 2.24) is 30.7 Å². The Morgan fingerprint density at radius 3 is 2.54 bits per heavy atom. The number of carbonyl (C=O) groups excluding carboxylic acids is 5. The highest BCUT2D eigenvalue weighted by Crippen LogP contribution is 2.37. The Balaban J connectivity index is 0.886. The molecule has 4 aromatic rings. The maximum Gasteiger partial charge on any atom is 0.280 e. The van der Waals surface area contributed by atoms with Crippen molar-refractivity contribution in [2.45, 2.75) is 51.9 Å². The molecule has 61 heavy (non-hydrogen) atoms. The van der Waals surface area contributed by atoms with Crippen LogP contribution in [0.2, 0.25) is 0 Å². The molecular weight excluding hydrogens is 791 g/mol. The van der Waals surface area contributed by atoms with E-state index < -0.39 is 41.2 Å². The fourth-order valence-electron chi connectivity index (χ4n) is 8.32. The number of hydrogen-bond donors (Lipinski definition) is 4. The average molecular weight is 837 g/mol. The number of piperidine rings is 1. The summed E-state index contributed by atoms with van der Waals surface area (Å²) in [4.78, 5) is 76.8. The second-order valence-corrected chi connectivity index (χ2v) is 16.0. The molecule has 2 fully saturated rings. The molecule has 0 spiro atoms. The van der Waals surface area contributed by atoms with E-state index in [1.807, 2.05) is 11.8 Å². The smallest absolute Gasteiger partial charge is 0.280 e. The third-order valence-electron chi connectivity index (χ3n) is 11.5. The number of guanidine groups is 1. The number of imide groups is 1. The van der Waals surface area contributed by atoms with E-state index in [9.17, 15) is 24.0 Å². The molecular formula is C43H46F2N10O6. The summed E-state index contributed by atoms with van der Waals surface area (Å²) >= 11 is 0. The Labute approximate surface area is 350 Å². The van der Waals surface area contributed by atoms with Gasteiger partial charge in [-0.05, 0) is 81.0 Å². The number of aromatic nitrogens is 3. The van der Waals surface area contributed by atoms with Crippen LogP contribution >= 0.6 is 0 Å². The zero-order valence-electron chi connectivity index (χ0n) is 34.0. The van der Waals surface area contributed by atoms with E-state index >= 15 is 8.78 Å². The average Bonchev–Trinajstić information content (AvgIpc) is 3.95. The number of aliphatic imine (C=N–C) groups is 1. The minimum Gasteiger partial charge on any atom is -0.477 e. The third kappa shape index (κ3) is 8.65. The molecule has 0 saturated carbocycles. The highest BCUT2D eigenvalue weighted by atomic mass is 19.1. The number of amides is 5. The fraction of sp³-hybridized carbons (Fsp3) is 0.395. The molecule has 318 valence electrons. The van der Waals surface area contributed by atoms with E-state index in [1.54, 1.807) is 53.2 Å². The Bertz CT molecular complexity index is 2450. The number of carbonyl (C=O) groups is 5. The van der Waals surface area contributed by atoms with Crippen LogP contribution in [0.25, 0.3) is 11.3 Å². The number of benzene rings is 2. The van der Waals surface area contributed by atoms with E-state index in [1.165, 1.54) is 0 Å². The Kier molecular flexibility index (Phi) is 11.5. The van der Waals surface area contributed by atoms with Gasteiger partial charge in [-0.3, -0.25) is 34.3 Å². The van der Waals surface area contributed by atoms with Crippen LogP contribution in [0.3, 0.4) is 0 Å². The van der Waals surface area contributed by atoms with Crippen LogP contribution in [-0.4, -0.2) is 89.6 Å². The maximum atomic E-state index is 15.2. The van der Waals surface area contributed by atoms with Crippen molar-refractivity contribution in [3.05, 3.63) is 82.7 Å². The lowest BCUT2D eigenvalue weighted by Crippen LogP contribution is -2.40. The number of nitrogens with one attached hydrogen (secondary N) is 4. The summed E-state index contributed by atoms with van der Waals surface area (Å²) in [5.74, 6) is -4.50. The van der Waals surface area contributed by atoms with Gasteiger partial charge in [-0.1, -0.05) is 6.92 Å².